The Bertz CT molecular complexity index is 550. The zero-order valence-corrected chi connectivity index (χ0v) is 12.8. The van der Waals surface area contributed by atoms with Crippen molar-refractivity contribution >= 4 is 39.0 Å². The first-order valence-electron chi connectivity index (χ1n) is 6.67. The van der Waals surface area contributed by atoms with Gasteiger partial charge in [-0.05, 0) is 29.5 Å². The first-order chi connectivity index (χ1) is 9.81. The molecule has 4 rings (SSSR count). The van der Waals surface area contributed by atoms with Crippen LogP contribution in [-0.2, 0) is 4.79 Å². The lowest BCUT2D eigenvalue weighted by atomic mass is 10.2. The van der Waals surface area contributed by atoms with Crippen LogP contribution < -0.4 is 4.72 Å². The number of rotatable bonds is 2. The van der Waals surface area contributed by atoms with Crippen molar-refractivity contribution in [3.63, 3.8) is 0 Å². The number of nitrogens with one attached hydrogen (secondary N) is 1. The first kappa shape index (κ1) is 13.9. The Morgan fingerprint density at radius 3 is 2.80 bits per heavy atom. The van der Waals surface area contributed by atoms with Crippen molar-refractivity contribution in [3.05, 3.63) is 42.6 Å². The minimum Gasteiger partial charge on any atom is -0.301 e. The van der Waals surface area contributed by atoms with Crippen molar-refractivity contribution in [1.82, 2.24) is 9.71 Å². The molecule has 0 radical (unpaired) electrons. The molecule has 1 aliphatic carbocycles. The van der Waals surface area contributed by atoms with Gasteiger partial charge in [0.25, 0.3) is 0 Å². The lowest BCUT2D eigenvalue weighted by Crippen LogP contribution is -2.28. The summed E-state index contributed by atoms with van der Waals surface area (Å²) in [4.78, 5) is 14.8. The largest absolute Gasteiger partial charge is 0.301 e. The third-order valence-corrected chi connectivity index (χ3v) is 6.48. The molecule has 3 nitrogen and oxygen atoms in total. The molecular formula is C15H16N2OS2. The van der Waals surface area contributed by atoms with Gasteiger partial charge in [-0.25, -0.2) is 4.72 Å². The molecule has 20 heavy (non-hydrogen) atoms. The second kappa shape index (κ2) is 5.76. The van der Waals surface area contributed by atoms with E-state index in [1.807, 2.05) is 30.5 Å². The Balaban J connectivity index is 0.000000121. The lowest BCUT2D eigenvalue weighted by molar-refractivity contribution is -0.110. The van der Waals surface area contributed by atoms with Crippen LogP contribution in [0.4, 0.5) is 0 Å². The van der Waals surface area contributed by atoms with Crippen LogP contribution in [0.3, 0.4) is 0 Å². The van der Waals surface area contributed by atoms with Crippen LogP contribution in [0.1, 0.15) is 13.3 Å². The molecule has 0 spiro atoms. The van der Waals surface area contributed by atoms with E-state index in [0.717, 1.165) is 18.2 Å². The monoisotopic (exact) mass is 304 g/mol. The summed E-state index contributed by atoms with van der Waals surface area (Å²) in [6, 6.07) is 12.1. The van der Waals surface area contributed by atoms with Gasteiger partial charge in [-0.3, -0.25) is 4.98 Å². The fraction of sp³-hybridized carbons (Fsp3) is 0.333. The van der Waals surface area contributed by atoms with Gasteiger partial charge in [-0.2, -0.15) is 0 Å². The molecule has 1 aromatic heterocycles. The molecule has 1 aromatic carbocycles. The van der Waals surface area contributed by atoms with Crippen molar-refractivity contribution in [2.75, 3.05) is 0 Å². The minimum atomic E-state index is -0.135. The molecule has 3 unspecified atom stereocenters. The van der Waals surface area contributed by atoms with Gasteiger partial charge in [-0.1, -0.05) is 42.0 Å². The van der Waals surface area contributed by atoms with E-state index in [-0.39, 0.29) is 5.54 Å². The van der Waals surface area contributed by atoms with Gasteiger partial charge >= 0.3 is 0 Å². The number of hydrogen-bond acceptors (Lipinski definition) is 5. The highest BCUT2D eigenvalue weighted by atomic mass is 33.1. The van der Waals surface area contributed by atoms with E-state index in [2.05, 4.69) is 28.8 Å². The quantitative estimate of drug-likeness (QED) is 0.523. The van der Waals surface area contributed by atoms with Crippen molar-refractivity contribution < 1.29 is 4.79 Å². The van der Waals surface area contributed by atoms with Crippen LogP contribution in [0, 0.1) is 5.92 Å². The molecule has 2 fully saturated rings. The van der Waals surface area contributed by atoms with Crippen LogP contribution in [0.25, 0.3) is 10.9 Å². The molecule has 1 N–H and O–H groups in total. The predicted molar refractivity (Wildman–Crippen MR) is 86.4 cm³/mol. The molecule has 2 aliphatic rings. The average Bonchev–Trinajstić information content (AvgIpc) is 2.93. The molecule has 1 aliphatic heterocycles. The third kappa shape index (κ3) is 2.34. The summed E-state index contributed by atoms with van der Waals surface area (Å²) in [6.07, 6.45) is 4.01. The summed E-state index contributed by atoms with van der Waals surface area (Å²) in [5.41, 5.74) is 0.925. The van der Waals surface area contributed by atoms with Crippen LogP contribution >= 0.6 is 21.8 Å². The Morgan fingerprint density at radius 2 is 2.15 bits per heavy atom. The van der Waals surface area contributed by atoms with E-state index in [0.29, 0.717) is 11.2 Å². The molecule has 0 amide bonds. The molecule has 3 atom stereocenters. The number of hydrogen-bond donors (Lipinski definition) is 1. The highest BCUT2D eigenvalue weighted by Crippen LogP contribution is 2.62. The summed E-state index contributed by atoms with van der Waals surface area (Å²) in [7, 11) is 3.41. The fourth-order valence-electron chi connectivity index (χ4n) is 2.62. The van der Waals surface area contributed by atoms with Gasteiger partial charge in [0, 0.05) is 22.8 Å². The van der Waals surface area contributed by atoms with E-state index >= 15 is 0 Å². The van der Waals surface area contributed by atoms with E-state index in [1.54, 1.807) is 21.8 Å². The van der Waals surface area contributed by atoms with Crippen molar-refractivity contribution in [1.29, 1.82) is 0 Å². The Labute approximate surface area is 126 Å². The fourth-order valence-corrected chi connectivity index (χ4v) is 6.01. The maximum atomic E-state index is 10.7. The zero-order chi connectivity index (χ0) is 14.0. The molecule has 2 heterocycles. The number of aldehydes is 1. The Kier molecular flexibility index (Phi) is 4.01. The van der Waals surface area contributed by atoms with Crippen LogP contribution in [0.15, 0.2) is 42.6 Å². The first-order valence-corrected chi connectivity index (χ1v) is 8.88. The highest BCUT2D eigenvalue weighted by molar-refractivity contribution is 8.76. The highest BCUT2D eigenvalue weighted by Gasteiger charge is 2.68. The number of nitrogens with zero attached hydrogens (tertiary/aromatic N) is 1. The molecule has 2 aromatic rings. The number of para-hydroxylation sites is 1. The third-order valence-electron chi connectivity index (χ3n) is 3.86. The molecule has 1 saturated carbocycles. The van der Waals surface area contributed by atoms with Crippen LogP contribution in [0.5, 0.6) is 0 Å². The van der Waals surface area contributed by atoms with Gasteiger partial charge in [0.15, 0.2) is 0 Å². The van der Waals surface area contributed by atoms with Crippen molar-refractivity contribution in [2.24, 2.45) is 5.92 Å². The summed E-state index contributed by atoms with van der Waals surface area (Å²) in [6.45, 7) is 2.14. The summed E-state index contributed by atoms with van der Waals surface area (Å²) >= 11 is 0. The SMILES string of the molecule is CCC1C2SSNC12C=O.c1ccc2ncccc2c1. The van der Waals surface area contributed by atoms with Gasteiger partial charge in [0.05, 0.1) is 5.52 Å². The van der Waals surface area contributed by atoms with E-state index in [1.165, 1.54) is 5.39 Å². The van der Waals surface area contributed by atoms with E-state index < -0.39 is 0 Å². The van der Waals surface area contributed by atoms with Crippen LogP contribution in [-0.4, -0.2) is 22.1 Å². The molecule has 5 heteroatoms. The number of benzene rings is 1. The van der Waals surface area contributed by atoms with Gasteiger partial charge in [0.2, 0.25) is 0 Å². The molecule has 0 bridgehead atoms. The van der Waals surface area contributed by atoms with Gasteiger partial charge < -0.3 is 4.79 Å². The summed E-state index contributed by atoms with van der Waals surface area (Å²) in [5.74, 6) is 0.594. The normalized spacial score (nSPS) is 30.2. The topological polar surface area (TPSA) is 42.0 Å². The molecule has 104 valence electrons. The lowest BCUT2D eigenvalue weighted by Gasteiger charge is -2.04. The Hall–Kier alpha value is -1.04. The number of fused-ring (bicyclic) bond motifs is 2. The number of aromatic nitrogens is 1. The van der Waals surface area contributed by atoms with Crippen molar-refractivity contribution in [3.8, 4) is 0 Å². The molecular weight excluding hydrogens is 288 g/mol. The Morgan fingerprint density at radius 1 is 1.35 bits per heavy atom. The number of carbonyl (C=O) groups is 1. The summed E-state index contributed by atoms with van der Waals surface area (Å²) < 4.78 is 3.17. The van der Waals surface area contributed by atoms with Crippen molar-refractivity contribution in [2.45, 2.75) is 24.1 Å². The predicted octanol–water partition coefficient (Wildman–Crippen LogP) is 3.47. The minimum absolute atomic E-state index is 0.135. The second-order valence-corrected chi connectivity index (χ2v) is 7.11. The van der Waals surface area contributed by atoms with Gasteiger partial charge in [0.1, 0.15) is 11.8 Å². The maximum absolute atomic E-state index is 10.7. The maximum Gasteiger partial charge on any atom is 0.142 e. The average molecular weight is 304 g/mol. The molecule has 1 saturated heterocycles. The zero-order valence-electron chi connectivity index (χ0n) is 11.2. The number of carbonyl (C=O) groups excluding carboxylic acids is 1. The van der Waals surface area contributed by atoms with Crippen LogP contribution in [0.2, 0.25) is 0 Å². The standard InChI is InChI=1S/C9H7N.C6H9NOS2/c1-2-6-9-8(4-1)5-3-7-10-9;1-2-4-5-6(4,3-8)7-10-9-5/h1-7H;3-5,7H,2H2,1H3. The van der Waals surface area contributed by atoms with E-state index in [4.69, 9.17) is 0 Å². The smallest absolute Gasteiger partial charge is 0.142 e. The second-order valence-electron chi connectivity index (χ2n) is 4.96. The van der Waals surface area contributed by atoms with E-state index in [9.17, 15) is 4.79 Å². The summed E-state index contributed by atoms with van der Waals surface area (Å²) in [5, 5.41) is 1.75. The number of pyridine rings is 1. The van der Waals surface area contributed by atoms with Gasteiger partial charge in [-0.15, -0.1) is 0 Å².